The summed E-state index contributed by atoms with van der Waals surface area (Å²) in [6.07, 6.45) is 0. The minimum absolute atomic E-state index is 0.0606. The van der Waals surface area contributed by atoms with Gasteiger partial charge in [0.15, 0.2) is 44.6 Å². The number of aromatic hydroxyl groups is 2. The van der Waals surface area contributed by atoms with Crippen molar-refractivity contribution < 1.29 is 177 Å². The first-order valence-corrected chi connectivity index (χ1v) is 46.3. The van der Waals surface area contributed by atoms with Gasteiger partial charge in [-0.15, -0.1) is 28.8 Å². The standard InChI is InChI=1S/C43H22F8N2O14S2.C31H22N2O8.C31H20O8/c1-43(2,17-3-7-19(8-4-17)64-21-11-13-23-25(15-21)41(58)52(39(23)56)66-68(60,61)37-31(48)27(44)35(54)28(45)32(37)49)18-5-9-20(10-6-18)65-22-12-14-24-26(16-22)42(59)53(40(24)57)67-69(62,63)38-33(50)29(46)36(55)30(47)34(38)51;1-31(2,17-3-7-19(8-4-17)40-21-11-13-23-25(15-21)29(36)32(38)27(23)34)18-5-9-20(10-6-18)41-22-12-14-24-26(16-22)30(37)33(39)28(24)35;1-31(2,17-3-7-19(8-4-17)36-21-11-13-23-25(15-21)29(34)38-27(23)32)18-5-9-20(10-6-18)37-22-12-14-24-26(16-22)30(35)39-28(24)33/h3-16,54-55H,1-2H3;3-16,38-39H,1-2H3;3-16H,1-2H3. The molecule has 0 saturated heterocycles. The Morgan fingerprint density at radius 3 is 0.617 bits per heavy atom. The molecule has 20 rings (SSSR count). The number of hydrogen-bond acceptors (Lipinski definition) is 30. The average Bonchev–Trinajstić information content (AvgIpc) is 1.40. The summed E-state index contributed by atoms with van der Waals surface area (Å²) in [4.78, 5) is 142. The second kappa shape index (κ2) is 37.9. The Balaban J connectivity index is 0.000000155. The van der Waals surface area contributed by atoms with E-state index in [9.17, 15) is 120 Å². The van der Waals surface area contributed by atoms with Gasteiger partial charge in [-0.25, -0.2) is 36.7 Å². The molecule has 0 aromatic heterocycles. The first kappa shape index (κ1) is 101. The van der Waals surface area contributed by atoms with Crippen LogP contribution in [0.5, 0.6) is 80.5 Å². The maximum Gasteiger partial charge on any atom is 0.347 e. The highest BCUT2D eigenvalue weighted by Crippen LogP contribution is 2.45. The fraction of sp³-hybridized carbons (Fsp3) is 0.0857. The molecule has 0 spiro atoms. The molecule has 4 N–H and O–H groups in total. The fourth-order valence-corrected chi connectivity index (χ4v) is 18.4. The molecule has 0 saturated carbocycles. The van der Waals surface area contributed by atoms with Crippen molar-refractivity contribution in [3.63, 3.8) is 0 Å². The number of phenolic OH excluding ortho intramolecular Hbond substituents is 2. The lowest BCUT2D eigenvalue weighted by Gasteiger charge is -2.26. The second-order valence-corrected chi connectivity index (χ2v) is 37.7. The molecule has 0 bridgehead atoms. The monoisotopic (exact) mass is 2080 g/mol. The van der Waals surface area contributed by atoms with E-state index in [-0.39, 0.29) is 88.5 Å². The zero-order chi connectivity index (χ0) is 107. The van der Waals surface area contributed by atoms with Crippen LogP contribution >= 0.6 is 0 Å². The van der Waals surface area contributed by atoms with Gasteiger partial charge in [0, 0.05) is 16.2 Å². The molecule has 6 heterocycles. The van der Waals surface area contributed by atoms with Crippen LogP contribution in [-0.4, -0.2) is 129 Å². The number of carbonyl (C=O) groups excluding carboxylic acids is 12. The van der Waals surface area contributed by atoms with Gasteiger partial charge in [-0.1, -0.05) is 114 Å². The maximum absolute atomic E-state index is 14.3. The minimum atomic E-state index is -5.95. The van der Waals surface area contributed by atoms with Gasteiger partial charge in [0.25, 0.3) is 47.3 Å². The number of fused-ring (bicyclic) bond motifs is 6. The Kier molecular flexibility index (Phi) is 25.6. The van der Waals surface area contributed by atoms with Gasteiger partial charge >= 0.3 is 44.1 Å². The van der Waals surface area contributed by atoms with Crippen molar-refractivity contribution in [3.8, 4) is 80.5 Å². The van der Waals surface area contributed by atoms with E-state index in [0.29, 0.717) is 46.0 Å². The lowest BCUT2D eigenvalue weighted by molar-refractivity contribution is -0.0330. The van der Waals surface area contributed by atoms with E-state index in [2.05, 4.69) is 45.7 Å². The van der Waals surface area contributed by atoms with Crippen molar-refractivity contribution in [1.29, 1.82) is 0 Å². The van der Waals surface area contributed by atoms with Gasteiger partial charge in [0.1, 0.15) is 69.0 Å². The van der Waals surface area contributed by atoms with Gasteiger partial charge < -0.3 is 48.1 Å². The van der Waals surface area contributed by atoms with Gasteiger partial charge in [-0.3, -0.25) is 48.8 Å². The zero-order valence-corrected chi connectivity index (χ0v) is 78.4. The maximum atomic E-state index is 14.3. The summed E-state index contributed by atoms with van der Waals surface area (Å²) < 4.78 is 216. The highest BCUT2D eigenvalue weighted by molar-refractivity contribution is 7.87. The van der Waals surface area contributed by atoms with Crippen LogP contribution < -0.4 is 28.4 Å². The predicted molar refractivity (Wildman–Crippen MR) is 492 cm³/mol. The SMILES string of the molecule is CC(C)(c1ccc(Oc2ccc3c(c2)C(=O)N(O)C3=O)cc1)c1ccc(Oc2ccc3c(c2)C(=O)N(O)C3=O)cc1.CC(C)(c1ccc(Oc2ccc3c(c2)C(=O)N(OS(=O)(=O)c2c(F)c(F)c(O)c(F)c2F)C3=O)cc1)c1ccc(Oc2ccc3c(c2)C(=O)N(OS(=O)(=O)c2c(F)c(F)c(O)c(F)c2F)C3=O)cc1.CC(C)(c1ccc(Oc2ccc3c(c2)C(=O)OC3=O)cc1)c1ccc(Oc2ccc3c(c2)C(=O)OC3=O)cc1. The molecule has 6 aliphatic rings. The Hall–Kier alpha value is -18.5. The van der Waals surface area contributed by atoms with Crippen LogP contribution in [0.15, 0.2) is 265 Å². The number of amides is 8. The normalized spacial score (nSPS) is 14.1. The Morgan fingerprint density at radius 2 is 0.396 bits per heavy atom. The Morgan fingerprint density at radius 1 is 0.228 bits per heavy atom. The van der Waals surface area contributed by atoms with Crippen molar-refractivity contribution in [2.75, 3.05) is 0 Å². The minimum Gasteiger partial charge on any atom is -0.503 e. The summed E-state index contributed by atoms with van der Waals surface area (Å²) in [5.41, 5.74) is 3.53. The smallest absolute Gasteiger partial charge is 0.347 e. The number of hydrogen-bond donors (Lipinski definition) is 4. The number of ether oxygens (including phenoxy) is 8. The fourth-order valence-electron chi connectivity index (χ4n) is 16.3. The molecular formula is C105H64F8N4O30S2. The third kappa shape index (κ3) is 18.5. The van der Waals surface area contributed by atoms with Crippen LogP contribution in [0, 0.1) is 46.5 Å². The van der Waals surface area contributed by atoms with Crippen LogP contribution in [-0.2, 0) is 54.5 Å². The quantitative estimate of drug-likeness (QED) is 0.0109. The molecule has 8 amide bonds. The number of halogens is 8. The highest BCUT2D eigenvalue weighted by Gasteiger charge is 2.48. The van der Waals surface area contributed by atoms with Crippen LogP contribution in [0.3, 0.4) is 0 Å². The number of cyclic esters (lactones) is 4. The molecule has 0 atom stereocenters. The van der Waals surface area contributed by atoms with Crippen molar-refractivity contribution in [3.05, 3.63) is 401 Å². The molecule has 14 aromatic carbocycles. The van der Waals surface area contributed by atoms with Crippen molar-refractivity contribution in [2.24, 2.45) is 0 Å². The molecule has 149 heavy (non-hydrogen) atoms. The van der Waals surface area contributed by atoms with Crippen molar-refractivity contribution >= 4 is 91.4 Å². The lowest BCUT2D eigenvalue weighted by Crippen LogP contribution is -2.33. The number of esters is 4. The highest BCUT2D eigenvalue weighted by atomic mass is 32.2. The Bertz CT molecular complexity index is 7910. The summed E-state index contributed by atoms with van der Waals surface area (Å²) in [5.74, 6) is -32.1. The molecule has 0 unspecified atom stereocenters. The predicted octanol–water partition coefficient (Wildman–Crippen LogP) is 19.7. The molecule has 0 aliphatic carbocycles. The molecule has 752 valence electrons. The van der Waals surface area contributed by atoms with Crippen LogP contribution in [0.2, 0.25) is 0 Å². The van der Waals surface area contributed by atoms with Gasteiger partial charge in [0.05, 0.1) is 66.8 Å². The molecule has 44 heteroatoms. The molecule has 6 aliphatic heterocycles. The molecule has 14 aromatic rings. The van der Waals surface area contributed by atoms with Crippen LogP contribution in [0.1, 0.15) is 199 Å². The summed E-state index contributed by atoms with van der Waals surface area (Å²) >= 11 is 0. The number of rotatable bonds is 24. The third-order valence-corrected chi connectivity index (χ3v) is 27.1. The largest absolute Gasteiger partial charge is 0.503 e. The molecule has 0 radical (unpaired) electrons. The van der Waals surface area contributed by atoms with E-state index < -0.39 is 197 Å². The van der Waals surface area contributed by atoms with Crippen LogP contribution in [0.25, 0.3) is 0 Å². The molecule has 34 nitrogen and oxygen atoms in total. The number of carbonyl (C=O) groups is 12. The molecular weight excluding hydrogens is 2010 g/mol. The lowest BCUT2D eigenvalue weighted by atomic mass is 9.78. The third-order valence-electron chi connectivity index (χ3n) is 24.7. The van der Waals surface area contributed by atoms with Crippen LogP contribution in [0.4, 0.5) is 35.1 Å². The number of hydroxylamine groups is 8. The van der Waals surface area contributed by atoms with E-state index in [1.807, 2.05) is 86.6 Å². The van der Waals surface area contributed by atoms with Gasteiger partial charge in [-0.05, 0) is 215 Å². The zero-order valence-electron chi connectivity index (χ0n) is 76.8. The first-order chi connectivity index (χ1) is 70.5. The summed E-state index contributed by atoms with van der Waals surface area (Å²) in [6.45, 7) is 12.1. The van der Waals surface area contributed by atoms with E-state index in [1.165, 1.54) is 60.7 Å². The number of imide groups is 4. The summed E-state index contributed by atoms with van der Waals surface area (Å²) in [7, 11) is -11.9. The average molecular weight is 2080 g/mol. The number of nitrogens with zero attached hydrogens (tertiary/aromatic N) is 4. The summed E-state index contributed by atoms with van der Waals surface area (Å²) in [6, 6.07) is 67.8. The first-order valence-electron chi connectivity index (χ1n) is 43.5. The van der Waals surface area contributed by atoms with Crippen molar-refractivity contribution in [1.82, 2.24) is 20.3 Å². The van der Waals surface area contributed by atoms with Gasteiger partial charge in [-0.2, -0.15) is 34.4 Å². The number of phenols is 2. The Labute approximate surface area is 833 Å². The van der Waals surface area contributed by atoms with E-state index in [1.54, 1.807) is 97.1 Å². The van der Waals surface area contributed by atoms with E-state index in [0.717, 1.165) is 57.6 Å². The second-order valence-electron chi connectivity index (χ2n) is 34.8. The number of benzene rings is 14. The van der Waals surface area contributed by atoms with E-state index in [4.69, 9.17) is 38.6 Å². The van der Waals surface area contributed by atoms with E-state index >= 15 is 0 Å². The van der Waals surface area contributed by atoms with Crippen molar-refractivity contribution in [2.45, 2.75) is 67.6 Å². The summed E-state index contributed by atoms with van der Waals surface area (Å²) in [5, 5.41) is 36.8. The topological polar surface area (TPSA) is 459 Å². The van der Waals surface area contributed by atoms with Gasteiger partial charge in [0.2, 0.25) is 23.3 Å². The molecule has 0 fully saturated rings.